The van der Waals surface area contributed by atoms with Crippen LogP contribution in [-0.2, 0) is 14.4 Å². The summed E-state index contributed by atoms with van der Waals surface area (Å²) in [5, 5.41) is 0. The summed E-state index contributed by atoms with van der Waals surface area (Å²) in [6.45, 7) is 10.4. The van der Waals surface area contributed by atoms with Crippen molar-refractivity contribution in [2.75, 3.05) is 0 Å². The molecule has 0 rings (SSSR count). The number of rotatable bonds is 4. The number of Topliss-reactive ketones (excluding diaryl/α,β-unsaturated/α-hetero) is 3. The van der Waals surface area contributed by atoms with Gasteiger partial charge in [-0.1, -0.05) is 20.8 Å². The highest BCUT2D eigenvalue weighted by molar-refractivity contribution is 5.77. The molecule has 0 aromatic rings. The number of ketones is 3. The van der Waals surface area contributed by atoms with Crippen molar-refractivity contribution in [1.29, 1.82) is 0 Å². The lowest BCUT2D eigenvalue weighted by Crippen LogP contribution is -1.88. The molecule has 16 heavy (non-hydrogen) atoms. The van der Waals surface area contributed by atoms with Crippen molar-refractivity contribution in [3.8, 4) is 0 Å². The summed E-state index contributed by atoms with van der Waals surface area (Å²) in [7, 11) is 0. The maximum atomic E-state index is 10.2. The summed E-state index contributed by atoms with van der Waals surface area (Å²) in [5.74, 6) is 0.799. The van der Waals surface area contributed by atoms with Crippen LogP contribution in [0.2, 0.25) is 0 Å². The normalized spacial score (nSPS) is 7.88. The van der Waals surface area contributed by atoms with Gasteiger partial charge in [-0.15, -0.1) is 0 Å². The molecule has 96 valence electrons. The van der Waals surface area contributed by atoms with E-state index in [9.17, 15) is 14.4 Å². The van der Waals surface area contributed by atoms with Crippen molar-refractivity contribution in [3.63, 3.8) is 0 Å². The van der Waals surface area contributed by atoms with Crippen molar-refractivity contribution in [1.82, 2.24) is 0 Å². The van der Waals surface area contributed by atoms with E-state index in [4.69, 9.17) is 0 Å². The van der Waals surface area contributed by atoms with Crippen LogP contribution in [0.1, 0.15) is 67.2 Å². The van der Waals surface area contributed by atoms with Crippen LogP contribution in [0.15, 0.2) is 0 Å². The van der Waals surface area contributed by atoms with Gasteiger partial charge in [0.25, 0.3) is 0 Å². The second-order valence-corrected chi connectivity index (χ2v) is 3.61. The molecule has 0 unspecified atom stereocenters. The molecule has 0 aliphatic carbocycles. The minimum absolute atomic E-state index is 0.167. The summed E-state index contributed by atoms with van der Waals surface area (Å²) in [6, 6.07) is 0. The fourth-order valence-corrected chi connectivity index (χ4v) is 0.602. The Hall–Kier alpha value is -0.990. The molecule has 0 aliphatic heterocycles. The average molecular weight is 230 g/mol. The molecule has 0 aromatic heterocycles. The minimum atomic E-state index is 0.167. The Kier molecular flexibility index (Phi) is 21.0. The Bertz CT molecular complexity index is 185. The van der Waals surface area contributed by atoms with Crippen molar-refractivity contribution >= 4 is 17.3 Å². The van der Waals surface area contributed by atoms with Gasteiger partial charge >= 0.3 is 0 Å². The van der Waals surface area contributed by atoms with Crippen LogP contribution in [0.3, 0.4) is 0 Å². The number of carbonyl (C=O) groups excluding carboxylic acids is 3. The van der Waals surface area contributed by atoms with Crippen LogP contribution in [0.5, 0.6) is 0 Å². The molecule has 0 heterocycles. The third-order valence-electron chi connectivity index (χ3n) is 1.39. The van der Waals surface area contributed by atoms with Crippen LogP contribution in [0, 0.1) is 0 Å². The van der Waals surface area contributed by atoms with Gasteiger partial charge in [-0.05, 0) is 27.2 Å². The lowest BCUT2D eigenvalue weighted by molar-refractivity contribution is -0.118. The summed E-state index contributed by atoms with van der Waals surface area (Å²) >= 11 is 0. The van der Waals surface area contributed by atoms with E-state index in [1.165, 1.54) is 13.8 Å². The largest absolute Gasteiger partial charge is 0.300 e. The van der Waals surface area contributed by atoms with Crippen molar-refractivity contribution < 1.29 is 14.4 Å². The van der Waals surface area contributed by atoms with Gasteiger partial charge < -0.3 is 9.59 Å². The van der Waals surface area contributed by atoms with Gasteiger partial charge in [-0.2, -0.15) is 0 Å². The number of hydrogen-bond acceptors (Lipinski definition) is 3. The molecule has 0 spiro atoms. The highest BCUT2D eigenvalue weighted by Gasteiger charge is 1.86. The first-order chi connectivity index (χ1) is 7.31. The van der Waals surface area contributed by atoms with E-state index in [2.05, 4.69) is 0 Å². The Labute approximate surface area is 99.6 Å². The summed E-state index contributed by atoms with van der Waals surface area (Å²) in [6.07, 6.45) is 3.10. The van der Waals surface area contributed by atoms with Gasteiger partial charge in [-0.3, -0.25) is 4.79 Å². The van der Waals surface area contributed by atoms with Gasteiger partial charge in [-0.25, -0.2) is 0 Å². The van der Waals surface area contributed by atoms with Crippen molar-refractivity contribution in [2.24, 2.45) is 0 Å². The van der Waals surface area contributed by atoms with Crippen LogP contribution < -0.4 is 0 Å². The molecule has 0 amide bonds. The molecule has 0 N–H and O–H groups in total. The molecule has 0 bridgehead atoms. The van der Waals surface area contributed by atoms with E-state index >= 15 is 0 Å². The maximum absolute atomic E-state index is 10.2. The molecule has 0 saturated heterocycles. The molecule has 0 radical (unpaired) electrons. The van der Waals surface area contributed by atoms with E-state index in [1.807, 2.05) is 20.8 Å². The zero-order chi connectivity index (χ0) is 13.6. The topological polar surface area (TPSA) is 51.2 Å². The molecule has 0 aliphatic rings. The predicted octanol–water partition coefficient (Wildman–Crippen LogP) is 3.35. The Balaban J connectivity index is -0.000000162. The molecule has 3 nitrogen and oxygen atoms in total. The third kappa shape index (κ3) is 52.0. The van der Waals surface area contributed by atoms with E-state index < -0.39 is 0 Å². The first-order valence-electron chi connectivity index (χ1n) is 5.79. The van der Waals surface area contributed by atoms with Crippen LogP contribution in [0.25, 0.3) is 0 Å². The zero-order valence-corrected chi connectivity index (χ0v) is 11.6. The molecule has 0 atom stereocenters. The van der Waals surface area contributed by atoms with E-state index in [-0.39, 0.29) is 11.6 Å². The van der Waals surface area contributed by atoms with Gasteiger partial charge in [0.2, 0.25) is 0 Å². The molecule has 0 aromatic carbocycles. The fourth-order valence-electron chi connectivity index (χ4n) is 0.602. The average Bonchev–Trinajstić information content (AvgIpc) is 2.16. The lowest BCUT2D eigenvalue weighted by Gasteiger charge is -1.81. The van der Waals surface area contributed by atoms with Crippen LogP contribution >= 0.6 is 0 Å². The van der Waals surface area contributed by atoms with Gasteiger partial charge in [0.05, 0.1) is 0 Å². The van der Waals surface area contributed by atoms with Crippen molar-refractivity contribution in [3.05, 3.63) is 0 Å². The van der Waals surface area contributed by atoms with E-state index in [0.717, 1.165) is 12.8 Å². The monoisotopic (exact) mass is 230 g/mol. The second-order valence-electron chi connectivity index (χ2n) is 3.61. The quantitative estimate of drug-likeness (QED) is 0.744. The Morgan fingerprint density at radius 3 is 1.12 bits per heavy atom. The summed E-state index contributed by atoms with van der Waals surface area (Å²) in [4.78, 5) is 29.7. The fraction of sp³-hybridized carbons (Fsp3) is 0.769. The highest BCUT2D eigenvalue weighted by atomic mass is 16.1. The SMILES string of the molecule is CC(C)=O.CCC(=O)CC.CCCC(C)=O. The molecule has 0 fully saturated rings. The molecule has 3 heteroatoms. The first kappa shape index (κ1) is 20.4. The van der Waals surface area contributed by atoms with Gasteiger partial charge in [0.1, 0.15) is 17.3 Å². The first-order valence-corrected chi connectivity index (χ1v) is 5.79. The smallest absolute Gasteiger partial charge is 0.132 e. The van der Waals surface area contributed by atoms with E-state index in [0.29, 0.717) is 18.6 Å². The Morgan fingerprint density at radius 2 is 1.12 bits per heavy atom. The molecular weight excluding hydrogens is 204 g/mol. The Morgan fingerprint density at radius 1 is 0.812 bits per heavy atom. The second kappa shape index (κ2) is 16.4. The maximum Gasteiger partial charge on any atom is 0.132 e. The lowest BCUT2D eigenvalue weighted by atomic mass is 10.3. The van der Waals surface area contributed by atoms with Crippen LogP contribution in [-0.4, -0.2) is 17.3 Å². The van der Waals surface area contributed by atoms with Crippen molar-refractivity contribution in [2.45, 2.75) is 67.2 Å². The number of hydrogen-bond donors (Lipinski definition) is 0. The highest BCUT2D eigenvalue weighted by Crippen LogP contribution is 1.84. The predicted molar refractivity (Wildman–Crippen MR) is 67.5 cm³/mol. The van der Waals surface area contributed by atoms with Gasteiger partial charge in [0, 0.05) is 19.3 Å². The van der Waals surface area contributed by atoms with Crippen LogP contribution in [0.4, 0.5) is 0 Å². The standard InChI is InChI=1S/2C5H10O.C3H6O/c1-3-4-5(2)6;1-3-5(6)4-2;1-3(2)4/h2*3-4H2,1-2H3;1-2H3. The zero-order valence-electron chi connectivity index (χ0n) is 11.6. The minimum Gasteiger partial charge on any atom is -0.300 e. The summed E-state index contributed by atoms with van der Waals surface area (Å²) < 4.78 is 0. The number of carbonyl (C=O) groups is 3. The molecular formula is C13H26O3. The van der Waals surface area contributed by atoms with Gasteiger partial charge in [0.15, 0.2) is 0 Å². The third-order valence-corrected chi connectivity index (χ3v) is 1.39. The van der Waals surface area contributed by atoms with E-state index in [1.54, 1.807) is 6.92 Å². The summed E-state index contributed by atoms with van der Waals surface area (Å²) in [5.41, 5.74) is 0. The molecule has 0 saturated carbocycles.